The van der Waals surface area contributed by atoms with E-state index in [0.717, 1.165) is 0 Å². The van der Waals surface area contributed by atoms with Crippen molar-refractivity contribution in [1.82, 2.24) is 15.3 Å². The predicted octanol–water partition coefficient (Wildman–Crippen LogP) is -0.548. The summed E-state index contributed by atoms with van der Waals surface area (Å²) < 4.78 is 27.7. The molecular formula is C12H18N4O4S. The normalized spacial score (nSPS) is 20.1. The van der Waals surface area contributed by atoms with Gasteiger partial charge < -0.3 is 15.4 Å². The molecule has 0 aromatic carbocycles. The number of methoxy groups -OCH3 is 1. The van der Waals surface area contributed by atoms with E-state index in [9.17, 15) is 13.2 Å². The van der Waals surface area contributed by atoms with Crippen molar-refractivity contribution in [2.24, 2.45) is 0 Å². The topological polar surface area (TPSA) is 110 Å². The molecule has 9 heteroatoms. The number of ether oxygens (including phenoxy) is 1. The second-order valence-corrected chi connectivity index (χ2v) is 7.01. The van der Waals surface area contributed by atoms with Crippen molar-refractivity contribution < 1.29 is 17.9 Å². The molecule has 1 unspecified atom stereocenters. The van der Waals surface area contributed by atoms with Gasteiger partial charge in [0.2, 0.25) is 0 Å². The van der Waals surface area contributed by atoms with Gasteiger partial charge in [0, 0.05) is 25.8 Å². The molecule has 2 heterocycles. The largest absolute Gasteiger partial charge is 0.383 e. The summed E-state index contributed by atoms with van der Waals surface area (Å²) in [6.45, 7) is 0.810. The standard InChI is InChI=1S/C12H18N4O4S/c1-20-4-3-13-12(17)10-6-11(15-8-14-10)16-9-2-5-21(18,19)7-9/h6,8-9H,2-5,7H2,1H3,(H,13,17)(H,14,15,16). The Morgan fingerprint density at radius 3 is 2.95 bits per heavy atom. The van der Waals surface area contributed by atoms with Crippen molar-refractivity contribution in [2.75, 3.05) is 37.1 Å². The monoisotopic (exact) mass is 314 g/mol. The SMILES string of the molecule is COCCNC(=O)c1cc(NC2CCS(=O)(=O)C2)ncn1. The third-order valence-electron chi connectivity index (χ3n) is 3.08. The highest BCUT2D eigenvalue weighted by molar-refractivity contribution is 7.91. The van der Waals surface area contributed by atoms with E-state index in [1.807, 2.05) is 0 Å². The van der Waals surface area contributed by atoms with Crippen LogP contribution in [0.5, 0.6) is 0 Å². The number of amides is 1. The summed E-state index contributed by atoms with van der Waals surface area (Å²) in [7, 11) is -1.41. The van der Waals surface area contributed by atoms with Gasteiger partial charge in [0.15, 0.2) is 9.84 Å². The number of hydrogen-bond donors (Lipinski definition) is 2. The first-order chi connectivity index (χ1) is 10.00. The maximum Gasteiger partial charge on any atom is 0.270 e. The first kappa shape index (κ1) is 15.6. The maximum absolute atomic E-state index is 11.8. The second-order valence-electron chi connectivity index (χ2n) is 4.78. The Hall–Kier alpha value is -1.74. The molecule has 1 aliphatic heterocycles. The van der Waals surface area contributed by atoms with Crippen LogP contribution < -0.4 is 10.6 Å². The quantitative estimate of drug-likeness (QED) is 0.678. The predicted molar refractivity (Wildman–Crippen MR) is 76.9 cm³/mol. The van der Waals surface area contributed by atoms with Crippen LogP contribution in [0.3, 0.4) is 0 Å². The molecule has 1 aliphatic rings. The second kappa shape index (κ2) is 6.81. The fourth-order valence-electron chi connectivity index (χ4n) is 2.04. The Morgan fingerprint density at radius 1 is 1.48 bits per heavy atom. The molecule has 21 heavy (non-hydrogen) atoms. The number of anilines is 1. The molecular weight excluding hydrogens is 296 g/mol. The fourth-order valence-corrected chi connectivity index (χ4v) is 3.71. The van der Waals surface area contributed by atoms with Crippen LogP contribution in [0.2, 0.25) is 0 Å². The number of nitrogens with one attached hydrogen (secondary N) is 2. The van der Waals surface area contributed by atoms with Crippen molar-refractivity contribution >= 4 is 21.6 Å². The summed E-state index contributed by atoms with van der Waals surface area (Å²) in [6.07, 6.45) is 1.82. The minimum Gasteiger partial charge on any atom is -0.383 e. The maximum atomic E-state index is 11.8. The van der Waals surface area contributed by atoms with Crippen LogP contribution in [-0.4, -0.2) is 62.1 Å². The molecule has 0 saturated carbocycles. The molecule has 1 amide bonds. The molecule has 2 N–H and O–H groups in total. The van der Waals surface area contributed by atoms with Gasteiger partial charge in [-0.25, -0.2) is 18.4 Å². The minimum absolute atomic E-state index is 0.0897. The van der Waals surface area contributed by atoms with Crippen LogP contribution in [0.4, 0.5) is 5.82 Å². The number of rotatable bonds is 6. The molecule has 1 saturated heterocycles. The van der Waals surface area contributed by atoms with E-state index in [1.165, 1.54) is 12.4 Å². The summed E-state index contributed by atoms with van der Waals surface area (Å²) in [6, 6.07) is 1.34. The molecule has 1 aromatic rings. The zero-order valence-electron chi connectivity index (χ0n) is 11.7. The van der Waals surface area contributed by atoms with E-state index in [-0.39, 0.29) is 29.1 Å². The fraction of sp³-hybridized carbons (Fsp3) is 0.583. The Morgan fingerprint density at radius 2 is 2.29 bits per heavy atom. The van der Waals surface area contributed by atoms with E-state index in [4.69, 9.17) is 4.74 Å². The van der Waals surface area contributed by atoms with Crippen molar-refractivity contribution in [1.29, 1.82) is 0 Å². The zero-order valence-corrected chi connectivity index (χ0v) is 12.5. The van der Waals surface area contributed by atoms with Crippen LogP contribution in [0.25, 0.3) is 0 Å². The Bertz CT molecular complexity index is 605. The summed E-state index contributed by atoms with van der Waals surface area (Å²) in [4.78, 5) is 19.7. The number of carbonyl (C=O) groups excluding carboxylic acids is 1. The lowest BCUT2D eigenvalue weighted by Gasteiger charge is -2.11. The molecule has 1 aromatic heterocycles. The molecule has 8 nitrogen and oxygen atoms in total. The third-order valence-corrected chi connectivity index (χ3v) is 4.84. The van der Waals surface area contributed by atoms with Gasteiger partial charge in [-0.1, -0.05) is 0 Å². The Balaban J connectivity index is 1.96. The summed E-state index contributed by atoms with van der Waals surface area (Å²) >= 11 is 0. The van der Waals surface area contributed by atoms with Crippen molar-refractivity contribution in [3.63, 3.8) is 0 Å². The first-order valence-electron chi connectivity index (χ1n) is 6.56. The van der Waals surface area contributed by atoms with Crippen molar-refractivity contribution in [3.05, 3.63) is 18.1 Å². The van der Waals surface area contributed by atoms with Crippen LogP contribution in [0, 0.1) is 0 Å². The highest BCUT2D eigenvalue weighted by Crippen LogP contribution is 2.16. The van der Waals surface area contributed by atoms with Crippen LogP contribution in [0.15, 0.2) is 12.4 Å². The number of sulfone groups is 1. The molecule has 0 spiro atoms. The highest BCUT2D eigenvalue weighted by atomic mass is 32.2. The summed E-state index contributed by atoms with van der Waals surface area (Å²) in [5.41, 5.74) is 0.226. The van der Waals surface area contributed by atoms with Gasteiger partial charge in [-0.3, -0.25) is 4.79 Å². The highest BCUT2D eigenvalue weighted by Gasteiger charge is 2.28. The third kappa shape index (κ3) is 4.64. The Kier molecular flexibility index (Phi) is 5.07. The first-order valence-corrected chi connectivity index (χ1v) is 8.38. The average molecular weight is 314 g/mol. The lowest BCUT2D eigenvalue weighted by molar-refractivity contribution is 0.0932. The molecule has 0 aliphatic carbocycles. The Labute approximate surface area is 123 Å². The van der Waals surface area contributed by atoms with E-state index in [2.05, 4.69) is 20.6 Å². The molecule has 0 bridgehead atoms. The molecule has 2 rings (SSSR count). The van der Waals surface area contributed by atoms with Gasteiger partial charge in [0.25, 0.3) is 5.91 Å². The number of carbonyl (C=O) groups is 1. The number of aromatic nitrogens is 2. The van der Waals surface area contributed by atoms with Crippen molar-refractivity contribution in [2.45, 2.75) is 12.5 Å². The number of hydrogen-bond acceptors (Lipinski definition) is 7. The van der Waals surface area contributed by atoms with Crippen molar-refractivity contribution in [3.8, 4) is 0 Å². The van der Waals surface area contributed by atoms with Gasteiger partial charge in [0.1, 0.15) is 17.8 Å². The van der Waals surface area contributed by atoms with Crippen LogP contribution >= 0.6 is 0 Å². The van der Waals surface area contributed by atoms with E-state index < -0.39 is 9.84 Å². The van der Waals surface area contributed by atoms with E-state index >= 15 is 0 Å². The lowest BCUT2D eigenvalue weighted by Crippen LogP contribution is -2.28. The number of nitrogens with zero attached hydrogens (tertiary/aromatic N) is 2. The lowest BCUT2D eigenvalue weighted by atomic mass is 10.2. The van der Waals surface area contributed by atoms with Crippen LogP contribution in [0.1, 0.15) is 16.9 Å². The van der Waals surface area contributed by atoms with Gasteiger partial charge in [-0.05, 0) is 6.42 Å². The van der Waals surface area contributed by atoms with Gasteiger partial charge in [0.05, 0.1) is 18.1 Å². The molecule has 1 fully saturated rings. The average Bonchev–Trinajstić information content (AvgIpc) is 2.78. The van der Waals surface area contributed by atoms with Gasteiger partial charge in [-0.15, -0.1) is 0 Å². The smallest absolute Gasteiger partial charge is 0.270 e. The van der Waals surface area contributed by atoms with Crippen LogP contribution in [-0.2, 0) is 14.6 Å². The van der Waals surface area contributed by atoms with E-state index in [0.29, 0.717) is 25.4 Å². The molecule has 0 radical (unpaired) electrons. The molecule has 116 valence electrons. The zero-order chi connectivity index (χ0) is 15.3. The van der Waals surface area contributed by atoms with Gasteiger partial charge >= 0.3 is 0 Å². The summed E-state index contributed by atoms with van der Waals surface area (Å²) in [5, 5.41) is 5.68. The van der Waals surface area contributed by atoms with Gasteiger partial charge in [-0.2, -0.15) is 0 Å². The molecule has 1 atom stereocenters. The minimum atomic E-state index is -2.96. The summed E-state index contributed by atoms with van der Waals surface area (Å²) in [5.74, 6) is 0.396. The van der Waals surface area contributed by atoms with E-state index in [1.54, 1.807) is 7.11 Å².